The van der Waals surface area contributed by atoms with Crippen molar-refractivity contribution in [2.45, 2.75) is 96.5 Å². The molecule has 0 aromatic carbocycles. The highest BCUT2D eigenvalue weighted by molar-refractivity contribution is 8.00. The molecular weight excluding hydrogens is 520 g/mol. The summed E-state index contributed by atoms with van der Waals surface area (Å²) in [5, 5.41) is 39.7. The van der Waals surface area contributed by atoms with E-state index >= 15 is 0 Å². The predicted molar refractivity (Wildman–Crippen MR) is 157 cm³/mol. The lowest BCUT2D eigenvalue weighted by atomic mass is 9.88. The molecule has 3 aromatic heterocycles. The molecule has 0 bridgehead atoms. The third-order valence-corrected chi connectivity index (χ3v) is 9.42. The summed E-state index contributed by atoms with van der Waals surface area (Å²) in [4.78, 5) is 18.9. The second kappa shape index (κ2) is 10.8. The molecule has 1 fully saturated rings. The van der Waals surface area contributed by atoms with E-state index in [-0.39, 0.29) is 10.8 Å². The molecule has 0 spiro atoms. The zero-order valence-corrected chi connectivity index (χ0v) is 25.0. The Morgan fingerprint density at radius 1 is 1.08 bits per heavy atom. The van der Waals surface area contributed by atoms with Crippen LogP contribution in [-0.2, 0) is 0 Å². The molecular formula is C27H40N6O3S2. The maximum atomic E-state index is 10.9. The normalized spacial score (nSPS) is 23.1. The SMILES string of the molecule is Cc1nc(N[C@H](C)CSC(C)(C)C)nc(N[C@@H]2C[C@H](C(C)(C)O)[C@@H](O)[C@H]2O)c1-c1nc2c(C)nccc2s1. The summed E-state index contributed by atoms with van der Waals surface area (Å²) in [5.41, 5.74) is 2.06. The van der Waals surface area contributed by atoms with E-state index in [0.717, 1.165) is 37.9 Å². The third kappa shape index (κ3) is 6.39. The number of fused-ring (bicyclic) bond motifs is 1. The fourth-order valence-corrected chi connectivity index (χ4v) is 6.72. The van der Waals surface area contributed by atoms with Gasteiger partial charge in [-0.05, 0) is 47.1 Å². The van der Waals surface area contributed by atoms with E-state index in [0.29, 0.717) is 18.2 Å². The minimum atomic E-state index is -1.13. The number of nitrogens with one attached hydrogen (secondary N) is 2. The largest absolute Gasteiger partial charge is 0.390 e. The Balaban J connectivity index is 1.72. The Labute approximate surface area is 232 Å². The summed E-state index contributed by atoms with van der Waals surface area (Å²) < 4.78 is 1.17. The first-order valence-electron chi connectivity index (χ1n) is 13.0. The van der Waals surface area contributed by atoms with E-state index in [4.69, 9.17) is 15.0 Å². The highest BCUT2D eigenvalue weighted by atomic mass is 32.2. The first kappa shape index (κ1) is 28.9. The molecule has 1 aliphatic carbocycles. The van der Waals surface area contributed by atoms with Crippen molar-refractivity contribution in [1.29, 1.82) is 0 Å². The number of pyridine rings is 1. The zero-order chi connectivity index (χ0) is 28.0. The number of aryl methyl sites for hydroxylation is 2. The molecule has 3 aromatic rings. The number of aliphatic hydroxyl groups is 3. The molecule has 9 nitrogen and oxygen atoms in total. The van der Waals surface area contributed by atoms with E-state index in [9.17, 15) is 15.3 Å². The van der Waals surface area contributed by atoms with E-state index in [1.54, 1.807) is 31.4 Å². The van der Waals surface area contributed by atoms with Crippen LogP contribution in [0.3, 0.4) is 0 Å². The average Bonchev–Trinajstić information content (AvgIpc) is 3.34. The summed E-state index contributed by atoms with van der Waals surface area (Å²) in [6.45, 7) is 15.9. The molecule has 3 heterocycles. The lowest BCUT2D eigenvalue weighted by molar-refractivity contribution is -0.0601. The number of aliphatic hydroxyl groups excluding tert-OH is 2. The number of thioether (sulfide) groups is 1. The van der Waals surface area contributed by atoms with Crippen molar-refractivity contribution >= 4 is 45.1 Å². The molecule has 208 valence electrons. The minimum Gasteiger partial charge on any atom is -0.390 e. The van der Waals surface area contributed by atoms with Crippen molar-refractivity contribution in [3.63, 3.8) is 0 Å². The van der Waals surface area contributed by atoms with Crippen molar-refractivity contribution < 1.29 is 15.3 Å². The second-order valence-corrected chi connectivity index (χ2v) is 14.7. The first-order valence-corrected chi connectivity index (χ1v) is 14.8. The van der Waals surface area contributed by atoms with Gasteiger partial charge in [0, 0.05) is 28.7 Å². The van der Waals surface area contributed by atoms with E-state index in [1.807, 2.05) is 31.7 Å². The van der Waals surface area contributed by atoms with Crippen LogP contribution in [0.4, 0.5) is 11.8 Å². The standard InChI is InChI=1S/C27H40N6O3S2/c1-13(12-37-26(4,5)6)29-25-30-14(2)19(24-32-20-15(3)28-10-9-18(20)38-24)23(33-25)31-17-11-16(27(7,8)36)21(34)22(17)35/h9-10,13,16-17,21-22,34-36H,11-12H2,1-8H3,(H2,29,30,31,33)/t13-,16+,17-,21-,22+/m1/s1. The molecule has 0 amide bonds. The highest BCUT2D eigenvalue weighted by Crippen LogP contribution is 2.40. The van der Waals surface area contributed by atoms with Gasteiger partial charge in [-0.25, -0.2) is 9.97 Å². The van der Waals surface area contributed by atoms with Gasteiger partial charge in [0.05, 0.1) is 39.4 Å². The Hall–Kier alpha value is -2.05. The van der Waals surface area contributed by atoms with Gasteiger partial charge in [-0.2, -0.15) is 16.7 Å². The topological polar surface area (TPSA) is 136 Å². The molecule has 5 N–H and O–H groups in total. The first-order chi connectivity index (χ1) is 17.6. The zero-order valence-electron chi connectivity index (χ0n) is 23.4. The number of rotatable bonds is 8. The average molecular weight is 561 g/mol. The number of hydrogen-bond donors (Lipinski definition) is 5. The fraction of sp³-hybridized carbons (Fsp3) is 0.630. The van der Waals surface area contributed by atoms with E-state index < -0.39 is 29.8 Å². The molecule has 1 aliphatic rings. The molecule has 11 heteroatoms. The molecule has 0 unspecified atom stereocenters. The summed E-state index contributed by atoms with van der Waals surface area (Å²) in [5.74, 6) is 1.43. The summed E-state index contributed by atoms with van der Waals surface area (Å²) in [6.07, 6.45) is 0.0506. The number of thiazole rings is 1. The van der Waals surface area contributed by atoms with Gasteiger partial charge in [0.1, 0.15) is 22.4 Å². The van der Waals surface area contributed by atoms with Crippen molar-refractivity contribution in [2.75, 3.05) is 16.4 Å². The van der Waals surface area contributed by atoms with Crippen molar-refractivity contribution in [3.05, 3.63) is 23.7 Å². The van der Waals surface area contributed by atoms with Gasteiger partial charge in [0.25, 0.3) is 0 Å². The minimum absolute atomic E-state index is 0.131. The molecule has 5 atom stereocenters. The van der Waals surface area contributed by atoms with Crippen molar-refractivity contribution in [2.24, 2.45) is 5.92 Å². The van der Waals surface area contributed by atoms with Crippen LogP contribution in [0.2, 0.25) is 0 Å². The maximum Gasteiger partial charge on any atom is 0.225 e. The summed E-state index contributed by atoms with van der Waals surface area (Å²) in [7, 11) is 0. The second-order valence-electron chi connectivity index (χ2n) is 11.8. The van der Waals surface area contributed by atoms with Gasteiger partial charge in [-0.15, -0.1) is 11.3 Å². The van der Waals surface area contributed by atoms with Crippen molar-refractivity contribution in [1.82, 2.24) is 19.9 Å². The third-order valence-electron chi connectivity index (χ3n) is 6.85. The molecule has 0 saturated heterocycles. The molecule has 38 heavy (non-hydrogen) atoms. The lowest BCUT2D eigenvalue weighted by Gasteiger charge is -2.28. The van der Waals surface area contributed by atoms with Crippen LogP contribution in [-0.4, -0.2) is 75.6 Å². The van der Waals surface area contributed by atoms with Crippen LogP contribution in [0, 0.1) is 19.8 Å². The molecule has 1 saturated carbocycles. The summed E-state index contributed by atoms with van der Waals surface area (Å²) in [6, 6.07) is 1.57. The van der Waals surface area contributed by atoms with Gasteiger partial charge in [0.15, 0.2) is 0 Å². The Bertz CT molecular complexity index is 1290. The molecule has 4 rings (SSSR count). The lowest BCUT2D eigenvalue weighted by Crippen LogP contribution is -2.40. The van der Waals surface area contributed by atoms with Crippen molar-refractivity contribution in [3.8, 4) is 10.6 Å². The highest BCUT2D eigenvalue weighted by Gasteiger charge is 2.48. The van der Waals surface area contributed by atoms with Gasteiger partial charge < -0.3 is 26.0 Å². The molecule has 0 radical (unpaired) electrons. The molecule has 0 aliphatic heterocycles. The van der Waals surface area contributed by atoms with Crippen LogP contribution in [0.25, 0.3) is 20.8 Å². The Morgan fingerprint density at radius 2 is 1.79 bits per heavy atom. The predicted octanol–water partition coefficient (Wildman–Crippen LogP) is 4.39. The summed E-state index contributed by atoms with van der Waals surface area (Å²) >= 11 is 3.41. The Morgan fingerprint density at radius 3 is 2.39 bits per heavy atom. The number of anilines is 2. The van der Waals surface area contributed by atoms with Gasteiger partial charge in [0.2, 0.25) is 5.95 Å². The van der Waals surface area contributed by atoms with Gasteiger partial charge in [-0.1, -0.05) is 20.8 Å². The van der Waals surface area contributed by atoms with Crippen LogP contribution >= 0.6 is 23.1 Å². The van der Waals surface area contributed by atoms with Gasteiger partial charge >= 0.3 is 0 Å². The Kier molecular flexibility index (Phi) is 8.26. The monoisotopic (exact) mass is 560 g/mol. The maximum absolute atomic E-state index is 10.9. The van der Waals surface area contributed by atoms with Crippen LogP contribution < -0.4 is 10.6 Å². The van der Waals surface area contributed by atoms with E-state index in [1.165, 1.54) is 0 Å². The number of aromatic nitrogens is 4. The smallest absolute Gasteiger partial charge is 0.225 e. The van der Waals surface area contributed by atoms with Crippen LogP contribution in [0.15, 0.2) is 12.3 Å². The van der Waals surface area contributed by atoms with Gasteiger partial charge in [-0.3, -0.25) is 4.98 Å². The van der Waals surface area contributed by atoms with Crippen LogP contribution in [0.5, 0.6) is 0 Å². The van der Waals surface area contributed by atoms with E-state index in [2.05, 4.69) is 43.3 Å². The fourth-order valence-electron chi connectivity index (χ4n) is 4.78. The quantitative estimate of drug-likeness (QED) is 0.270. The van der Waals surface area contributed by atoms with Crippen LogP contribution in [0.1, 0.15) is 59.4 Å². The number of hydrogen-bond acceptors (Lipinski definition) is 11. The number of nitrogens with zero attached hydrogens (tertiary/aromatic N) is 4.